The van der Waals surface area contributed by atoms with Crippen molar-refractivity contribution < 1.29 is 17.7 Å². The molecule has 0 fully saturated rings. The van der Waals surface area contributed by atoms with E-state index >= 15 is 0 Å². The molecule has 0 aliphatic heterocycles. The maximum Gasteiger partial charge on any atom is 0.446 e. The Morgan fingerprint density at radius 1 is 1.25 bits per heavy atom. The highest BCUT2D eigenvalue weighted by molar-refractivity contribution is 8.00. The first-order valence-electron chi connectivity index (χ1n) is 6.89. The van der Waals surface area contributed by atoms with Gasteiger partial charge in [-0.1, -0.05) is 17.3 Å². The maximum atomic E-state index is 12.2. The number of hydrogen-bond acceptors (Lipinski definition) is 5. The number of benzene rings is 1. The second-order valence-electron chi connectivity index (χ2n) is 4.89. The Labute approximate surface area is 148 Å². The van der Waals surface area contributed by atoms with Crippen LogP contribution in [-0.4, -0.2) is 28.7 Å². The lowest BCUT2D eigenvalue weighted by Gasteiger charge is -2.05. The van der Waals surface area contributed by atoms with Crippen molar-refractivity contribution in [2.75, 3.05) is 7.05 Å². The Morgan fingerprint density at radius 3 is 2.50 bits per heavy atom. The molecule has 1 aromatic heterocycles. The summed E-state index contributed by atoms with van der Waals surface area (Å²) in [6.07, 6.45) is 3.99. The molecule has 2 rings (SSSR count). The van der Waals surface area contributed by atoms with E-state index in [9.17, 15) is 13.2 Å². The van der Waals surface area contributed by atoms with Crippen LogP contribution in [0.15, 0.2) is 33.7 Å². The van der Waals surface area contributed by atoms with Crippen molar-refractivity contribution >= 4 is 36.3 Å². The van der Waals surface area contributed by atoms with Crippen LogP contribution in [0.5, 0.6) is 0 Å². The van der Waals surface area contributed by atoms with Gasteiger partial charge in [0.2, 0.25) is 0 Å². The normalized spacial score (nSPS) is 13.0. The van der Waals surface area contributed by atoms with Crippen LogP contribution in [0.25, 0.3) is 12.2 Å². The van der Waals surface area contributed by atoms with Gasteiger partial charge in [0.25, 0.3) is 5.89 Å². The van der Waals surface area contributed by atoms with Crippen molar-refractivity contribution in [3.63, 3.8) is 0 Å². The van der Waals surface area contributed by atoms with E-state index in [4.69, 9.17) is 4.52 Å². The van der Waals surface area contributed by atoms with Crippen LogP contribution in [0, 0.1) is 0 Å². The SMILES string of the molecule is CNC(C)Cc1noc(/C=C/c2ccc(SC(F)(F)F)cc2)n1.Cl. The number of aromatic nitrogens is 2. The van der Waals surface area contributed by atoms with Crippen LogP contribution >= 0.6 is 24.2 Å². The summed E-state index contributed by atoms with van der Waals surface area (Å²) in [4.78, 5) is 4.37. The van der Waals surface area contributed by atoms with E-state index in [1.807, 2.05) is 14.0 Å². The average molecular weight is 380 g/mol. The molecule has 0 aliphatic rings. The van der Waals surface area contributed by atoms with Crippen LogP contribution in [0.2, 0.25) is 0 Å². The van der Waals surface area contributed by atoms with Gasteiger partial charge in [-0.3, -0.25) is 0 Å². The van der Waals surface area contributed by atoms with Gasteiger partial charge in [0.05, 0.1) is 0 Å². The fraction of sp³-hybridized carbons (Fsp3) is 0.333. The number of nitrogens with one attached hydrogen (secondary N) is 1. The van der Waals surface area contributed by atoms with E-state index in [2.05, 4.69) is 15.5 Å². The van der Waals surface area contributed by atoms with Crippen LogP contribution in [0.4, 0.5) is 13.2 Å². The highest BCUT2D eigenvalue weighted by Crippen LogP contribution is 2.36. The minimum absolute atomic E-state index is 0. The second kappa shape index (κ2) is 9.10. The van der Waals surface area contributed by atoms with Crippen molar-refractivity contribution in [1.29, 1.82) is 0 Å². The third-order valence-electron chi connectivity index (χ3n) is 3.00. The van der Waals surface area contributed by atoms with E-state index in [1.165, 1.54) is 12.1 Å². The highest BCUT2D eigenvalue weighted by atomic mass is 35.5. The third kappa shape index (κ3) is 6.94. The molecule has 1 heterocycles. The van der Waals surface area contributed by atoms with E-state index in [0.717, 1.165) is 5.56 Å². The predicted octanol–water partition coefficient (Wildman–Crippen LogP) is 4.42. The maximum absolute atomic E-state index is 12.2. The topological polar surface area (TPSA) is 51.0 Å². The van der Waals surface area contributed by atoms with Crippen molar-refractivity contribution in [2.45, 2.75) is 29.8 Å². The van der Waals surface area contributed by atoms with Gasteiger partial charge in [0, 0.05) is 23.4 Å². The van der Waals surface area contributed by atoms with Gasteiger partial charge < -0.3 is 9.84 Å². The number of halogens is 4. The van der Waals surface area contributed by atoms with Crippen molar-refractivity contribution in [2.24, 2.45) is 0 Å². The van der Waals surface area contributed by atoms with Crippen molar-refractivity contribution in [3.05, 3.63) is 41.5 Å². The molecule has 2 aromatic rings. The molecule has 1 N–H and O–H groups in total. The molecule has 0 radical (unpaired) electrons. The van der Waals surface area contributed by atoms with Gasteiger partial charge in [-0.05, 0) is 49.5 Å². The molecule has 132 valence electrons. The first-order chi connectivity index (χ1) is 10.9. The fourth-order valence-electron chi connectivity index (χ4n) is 1.74. The van der Waals surface area contributed by atoms with Crippen molar-refractivity contribution in [3.8, 4) is 0 Å². The van der Waals surface area contributed by atoms with Crippen LogP contribution in [-0.2, 0) is 6.42 Å². The number of rotatable bonds is 6. The lowest BCUT2D eigenvalue weighted by Crippen LogP contribution is -2.24. The minimum atomic E-state index is -4.28. The molecule has 1 atom stereocenters. The number of nitrogens with zero attached hydrogens (tertiary/aromatic N) is 2. The minimum Gasteiger partial charge on any atom is -0.335 e. The van der Waals surface area contributed by atoms with Crippen LogP contribution < -0.4 is 5.32 Å². The van der Waals surface area contributed by atoms with E-state index in [1.54, 1.807) is 24.3 Å². The zero-order valence-corrected chi connectivity index (χ0v) is 14.6. The van der Waals surface area contributed by atoms with Gasteiger partial charge in [0.15, 0.2) is 5.82 Å². The van der Waals surface area contributed by atoms with E-state index in [0.29, 0.717) is 18.1 Å². The Morgan fingerprint density at radius 2 is 1.92 bits per heavy atom. The smallest absolute Gasteiger partial charge is 0.335 e. The second-order valence-corrected chi connectivity index (χ2v) is 6.03. The molecular weight excluding hydrogens is 363 g/mol. The molecule has 0 bridgehead atoms. The fourth-order valence-corrected chi connectivity index (χ4v) is 2.28. The van der Waals surface area contributed by atoms with Crippen LogP contribution in [0.1, 0.15) is 24.2 Å². The zero-order chi connectivity index (χ0) is 16.9. The average Bonchev–Trinajstić information content (AvgIpc) is 2.92. The molecule has 0 spiro atoms. The third-order valence-corrected chi connectivity index (χ3v) is 3.74. The molecule has 1 aromatic carbocycles. The molecular formula is C15H17ClF3N3OS. The Hall–Kier alpha value is -1.51. The molecule has 4 nitrogen and oxygen atoms in total. The Kier molecular flexibility index (Phi) is 7.78. The standard InChI is InChI=1S/C15H16F3N3OS.ClH/c1-10(19-2)9-13-20-14(22-21-13)8-5-11-3-6-12(7-4-11)23-15(16,17)18;/h3-8,10,19H,9H2,1-2H3;1H/b8-5+;. The van der Waals surface area contributed by atoms with Gasteiger partial charge in [-0.2, -0.15) is 18.2 Å². The van der Waals surface area contributed by atoms with Gasteiger partial charge in [0.1, 0.15) is 0 Å². The highest BCUT2D eigenvalue weighted by Gasteiger charge is 2.28. The number of alkyl halides is 3. The van der Waals surface area contributed by atoms with Gasteiger partial charge in [-0.25, -0.2) is 0 Å². The summed E-state index contributed by atoms with van der Waals surface area (Å²) in [5, 5.41) is 6.95. The summed E-state index contributed by atoms with van der Waals surface area (Å²) < 4.78 is 41.8. The molecule has 0 saturated heterocycles. The molecule has 0 aliphatic carbocycles. The molecule has 0 saturated carbocycles. The largest absolute Gasteiger partial charge is 0.446 e. The summed E-state index contributed by atoms with van der Waals surface area (Å²) in [6, 6.07) is 6.29. The summed E-state index contributed by atoms with van der Waals surface area (Å²) >= 11 is -0.136. The predicted molar refractivity (Wildman–Crippen MR) is 91.1 cm³/mol. The number of thioether (sulfide) groups is 1. The Balaban J connectivity index is 0.00000288. The van der Waals surface area contributed by atoms with Crippen LogP contribution in [0.3, 0.4) is 0 Å². The zero-order valence-electron chi connectivity index (χ0n) is 13.0. The Bertz CT molecular complexity index is 659. The first kappa shape index (κ1) is 20.5. The van der Waals surface area contributed by atoms with Crippen molar-refractivity contribution in [1.82, 2.24) is 15.5 Å². The summed E-state index contributed by atoms with van der Waals surface area (Å²) in [5.74, 6) is 0.959. The monoisotopic (exact) mass is 379 g/mol. The van der Waals surface area contributed by atoms with Gasteiger partial charge in [-0.15, -0.1) is 12.4 Å². The van der Waals surface area contributed by atoms with E-state index < -0.39 is 5.51 Å². The lowest BCUT2D eigenvalue weighted by atomic mass is 10.2. The summed E-state index contributed by atoms with van der Waals surface area (Å²) in [6.45, 7) is 2.01. The number of hydrogen-bond donors (Lipinski definition) is 1. The molecule has 0 amide bonds. The molecule has 24 heavy (non-hydrogen) atoms. The molecule has 9 heteroatoms. The van der Waals surface area contributed by atoms with E-state index in [-0.39, 0.29) is 35.1 Å². The van der Waals surface area contributed by atoms with Gasteiger partial charge >= 0.3 is 5.51 Å². The number of likely N-dealkylation sites (N-methyl/N-ethyl adjacent to an activating group) is 1. The first-order valence-corrected chi connectivity index (χ1v) is 7.71. The summed E-state index contributed by atoms with van der Waals surface area (Å²) in [5.41, 5.74) is -3.53. The quantitative estimate of drug-likeness (QED) is 0.753. The lowest BCUT2D eigenvalue weighted by molar-refractivity contribution is -0.0328. The molecule has 1 unspecified atom stereocenters. The summed E-state index contributed by atoms with van der Waals surface area (Å²) in [7, 11) is 1.85.